The van der Waals surface area contributed by atoms with Crippen LogP contribution in [0, 0.1) is 0 Å². The lowest BCUT2D eigenvalue weighted by atomic mass is 10.2. The first-order chi connectivity index (χ1) is 15.4. The molecule has 2 aromatic carbocycles. The van der Waals surface area contributed by atoms with Crippen molar-refractivity contribution < 1.29 is 22.7 Å². The average molecular weight is 457 g/mol. The number of carbonyl (C=O) groups is 1. The van der Waals surface area contributed by atoms with Gasteiger partial charge in [-0.2, -0.15) is 17.6 Å². The third-order valence-electron chi connectivity index (χ3n) is 5.56. The zero-order valence-corrected chi connectivity index (χ0v) is 18.4. The lowest BCUT2D eigenvalue weighted by Crippen LogP contribution is -2.28. The Bertz CT molecular complexity index is 1340. The largest absolute Gasteiger partial charge is 0.483 e. The van der Waals surface area contributed by atoms with Gasteiger partial charge in [0.2, 0.25) is 0 Å². The van der Waals surface area contributed by atoms with Gasteiger partial charge >= 0.3 is 0 Å². The molecule has 4 aromatic rings. The van der Waals surface area contributed by atoms with Gasteiger partial charge in [-0.3, -0.25) is 4.79 Å². The Balaban J connectivity index is 0.000000775. The molecule has 5 rings (SSSR count). The highest BCUT2D eigenvalue weighted by molar-refractivity contribution is 7.90. The highest BCUT2D eigenvalue weighted by atomic mass is 32.2. The van der Waals surface area contributed by atoms with E-state index in [9.17, 15) is 8.42 Å². The van der Waals surface area contributed by atoms with Gasteiger partial charge in [-0.05, 0) is 56.4 Å². The van der Waals surface area contributed by atoms with Crippen LogP contribution in [0.2, 0.25) is 0 Å². The second-order valence-corrected chi connectivity index (χ2v) is 9.37. The van der Waals surface area contributed by atoms with E-state index in [-0.39, 0.29) is 11.4 Å². The number of carboxylic acid groups (broad SMARTS) is 1. The summed E-state index contributed by atoms with van der Waals surface area (Å²) in [5, 5.41) is 12.7. The third kappa shape index (κ3) is 4.19. The van der Waals surface area contributed by atoms with Crippen molar-refractivity contribution in [2.75, 3.05) is 38.1 Å². The number of benzene rings is 2. The fourth-order valence-electron chi connectivity index (χ4n) is 3.87. The molecule has 0 aliphatic carbocycles. The Kier molecular flexibility index (Phi) is 6.15. The van der Waals surface area contributed by atoms with Crippen molar-refractivity contribution in [1.82, 2.24) is 14.1 Å². The predicted octanol–water partition coefficient (Wildman–Crippen LogP) is 2.86. The number of likely N-dealkylation sites (N-methyl/N-ethyl adjacent to an activating group) is 1. The summed E-state index contributed by atoms with van der Waals surface area (Å²) in [7, 11) is -1.71. The lowest BCUT2D eigenvalue weighted by molar-refractivity contribution is -0.122. The number of anilines is 1. The first-order valence-electron chi connectivity index (χ1n) is 10.2. The number of rotatable bonds is 3. The Morgan fingerprint density at radius 3 is 2.62 bits per heavy atom. The smallest absolute Gasteiger partial charge is 0.290 e. The molecule has 1 fully saturated rings. The summed E-state index contributed by atoms with van der Waals surface area (Å²) < 4.78 is 33.1. The molecule has 0 atom stereocenters. The zero-order valence-electron chi connectivity index (χ0n) is 17.6. The standard InChI is InChI=1S/C21H22N4O3S.CH2O2/c1-23-8-2-9-24(11-10-23)18-5-3-17-15-22-25(20(17)13-18)29(26,27)19-6-4-16-7-12-28-21(16)14-19;2-1-3/h3-7,12-15H,2,8-11H2,1H3;1H,(H,2,3). The number of hydrogen-bond acceptors (Lipinski definition) is 7. The van der Waals surface area contributed by atoms with Gasteiger partial charge in [0.25, 0.3) is 16.5 Å². The highest BCUT2D eigenvalue weighted by Crippen LogP contribution is 2.27. The quantitative estimate of drug-likeness (QED) is 0.469. The summed E-state index contributed by atoms with van der Waals surface area (Å²) in [4.78, 5) is 13.1. The van der Waals surface area contributed by atoms with E-state index >= 15 is 0 Å². The summed E-state index contributed by atoms with van der Waals surface area (Å²) >= 11 is 0. The maximum absolute atomic E-state index is 13.3. The zero-order chi connectivity index (χ0) is 22.7. The van der Waals surface area contributed by atoms with Crippen LogP contribution in [0.5, 0.6) is 0 Å². The van der Waals surface area contributed by atoms with Gasteiger partial charge in [0.15, 0.2) is 0 Å². The topological polar surface area (TPSA) is 109 Å². The van der Waals surface area contributed by atoms with Crippen LogP contribution in [0.1, 0.15) is 6.42 Å². The van der Waals surface area contributed by atoms with Crippen molar-refractivity contribution >= 4 is 44.1 Å². The van der Waals surface area contributed by atoms with Crippen LogP contribution in [-0.2, 0) is 14.8 Å². The second-order valence-electron chi connectivity index (χ2n) is 7.61. The van der Waals surface area contributed by atoms with Crippen molar-refractivity contribution in [2.45, 2.75) is 11.3 Å². The first-order valence-corrected chi connectivity index (χ1v) is 11.6. The normalized spacial score (nSPS) is 15.3. The van der Waals surface area contributed by atoms with Crippen molar-refractivity contribution in [3.8, 4) is 0 Å². The maximum Gasteiger partial charge on any atom is 0.290 e. The number of nitrogens with zero attached hydrogens (tertiary/aromatic N) is 4. The fourth-order valence-corrected chi connectivity index (χ4v) is 5.16. The van der Waals surface area contributed by atoms with E-state index in [0.29, 0.717) is 11.1 Å². The fraction of sp³-hybridized carbons (Fsp3) is 0.273. The van der Waals surface area contributed by atoms with Crippen LogP contribution in [0.4, 0.5) is 5.69 Å². The minimum atomic E-state index is -3.84. The molecular formula is C22H24N4O5S. The van der Waals surface area contributed by atoms with Crippen molar-refractivity contribution in [3.63, 3.8) is 0 Å². The Morgan fingerprint density at radius 2 is 1.81 bits per heavy atom. The number of hydrogen-bond donors (Lipinski definition) is 1. The summed E-state index contributed by atoms with van der Waals surface area (Å²) in [5.41, 5.74) is 2.14. The van der Waals surface area contributed by atoms with E-state index in [1.807, 2.05) is 18.2 Å². The molecule has 0 bridgehead atoms. The van der Waals surface area contributed by atoms with Crippen molar-refractivity contribution in [1.29, 1.82) is 0 Å². The van der Waals surface area contributed by atoms with E-state index in [0.717, 1.165) is 53.1 Å². The molecule has 32 heavy (non-hydrogen) atoms. The van der Waals surface area contributed by atoms with Gasteiger partial charge in [0.1, 0.15) is 5.58 Å². The van der Waals surface area contributed by atoms with Crippen molar-refractivity contribution in [3.05, 3.63) is 54.9 Å². The predicted molar refractivity (Wildman–Crippen MR) is 122 cm³/mol. The van der Waals surface area contributed by atoms with E-state index < -0.39 is 10.0 Å². The molecule has 0 saturated carbocycles. The maximum atomic E-state index is 13.3. The Morgan fingerprint density at radius 1 is 1.03 bits per heavy atom. The molecule has 10 heteroatoms. The van der Waals surface area contributed by atoms with Crippen molar-refractivity contribution in [2.24, 2.45) is 0 Å². The molecule has 9 nitrogen and oxygen atoms in total. The molecule has 0 spiro atoms. The monoisotopic (exact) mass is 456 g/mol. The molecule has 1 aliphatic heterocycles. The number of aromatic nitrogens is 2. The van der Waals surface area contributed by atoms with E-state index in [2.05, 4.69) is 21.9 Å². The summed E-state index contributed by atoms with van der Waals surface area (Å²) in [5.74, 6) is 0. The van der Waals surface area contributed by atoms with Gasteiger partial charge in [0, 0.05) is 42.2 Å². The Hall–Kier alpha value is -3.37. The van der Waals surface area contributed by atoms with Gasteiger partial charge in [-0.25, -0.2) is 0 Å². The van der Waals surface area contributed by atoms with Crippen LogP contribution < -0.4 is 4.90 Å². The number of fused-ring (bicyclic) bond motifs is 2. The van der Waals surface area contributed by atoms with Gasteiger partial charge in [0.05, 0.1) is 22.9 Å². The number of furan rings is 1. The first kappa shape index (κ1) is 21.8. The van der Waals surface area contributed by atoms with E-state index in [1.54, 1.807) is 36.7 Å². The van der Waals surface area contributed by atoms with Crippen LogP contribution in [0.25, 0.3) is 21.9 Å². The highest BCUT2D eigenvalue weighted by Gasteiger charge is 2.22. The molecule has 1 N–H and O–H groups in total. The minimum Gasteiger partial charge on any atom is -0.483 e. The Labute approximate surface area is 185 Å². The molecule has 168 valence electrons. The summed E-state index contributed by atoms with van der Waals surface area (Å²) in [6, 6.07) is 12.6. The third-order valence-corrected chi connectivity index (χ3v) is 7.16. The van der Waals surface area contributed by atoms with Crippen LogP contribution >= 0.6 is 0 Å². The molecule has 0 amide bonds. The van der Waals surface area contributed by atoms with E-state index in [4.69, 9.17) is 14.3 Å². The van der Waals surface area contributed by atoms with E-state index in [1.165, 1.54) is 0 Å². The summed E-state index contributed by atoms with van der Waals surface area (Å²) in [6.45, 7) is 3.67. The van der Waals surface area contributed by atoms with Crippen LogP contribution in [0.3, 0.4) is 0 Å². The lowest BCUT2D eigenvalue weighted by Gasteiger charge is -2.23. The summed E-state index contributed by atoms with van der Waals surface area (Å²) in [6.07, 6.45) is 4.23. The molecule has 1 saturated heterocycles. The molecule has 3 heterocycles. The van der Waals surface area contributed by atoms with Crippen LogP contribution in [-0.4, -0.2) is 67.3 Å². The molecule has 0 radical (unpaired) electrons. The molecule has 2 aromatic heterocycles. The van der Waals surface area contributed by atoms with Gasteiger partial charge in [-0.1, -0.05) is 0 Å². The average Bonchev–Trinajstić information content (AvgIpc) is 3.37. The molecule has 1 aliphatic rings. The van der Waals surface area contributed by atoms with Gasteiger partial charge < -0.3 is 19.3 Å². The van der Waals surface area contributed by atoms with Gasteiger partial charge in [-0.15, -0.1) is 0 Å². The minimum absolute atomic E-state index is 0.159. The SMILES string of the molecule is CN1CCCN(c2ccc3cnn(S(=O)(=O)c4ccc5ccoc5c4)c3c2)CC1.O=CO. The second kappa shape index (κ2) is 9.01. The van der Waals surface area contributed by atoms with Crippen LogP contribution in [0.15, 0.2) is 64.2 Å². The molecule has 0 unspecified atom stereocenters. The molecular weight excluding hydrogens is 432 g/mol.